The Labute approximate surface area is 70.4 Å². The molecule has 0 aromatic heterocycles. The molecule has 1 heterocycles. The van der Waals surface area contributed by atoms with Crippen LogP contribution in [-0.4, -0.2) is 12.3 Å². The number of rotatable bonds is 0. The zero-order valence-corrected chi connectivity index (χ0v) is 7.69. The van der Waals surface area contributed by atoms with Crippen LogP contribution in [0.4, 0.5) is 0 Å². The molecule has 1 aliphatic heterocycles. The molecule has 1 saturated heterocycles. The van der Waals surface area contributed by atoms with Crippen LogP contribution in [0.2, 0.25) is 0 Å². The highest BCUT2D eigenvalue weighted by atomic mass is 33.1. The Kier molecular flexibility index (Phi) is 5.52. The maximum Gasteiger partial charge on any atom is 0.0109 e. The van der Waals surface area contributed by atoms with Gasteiger partial charge in [-0.2, -0.15) is 4.83 Å². The molecule has 2 nitrogen and oxygen atoms in total. The fourth-order valence-electron chi connectivity index (χ4n) is 0.880. The molecule has 1 aliphatic rings. The van der Waals surface area contributed by atoms with E-state index >= 15 is 0 Å². The second kappa shape index (κ2) is 6.34. The van der Waals surface area contributed by atoms with Crippen molar-refractivity contribution >= 4 is 21.8 Å². The van der Waals surface area contributed by atoms with Gasteiger partial charge in [0, 0.05) is 23.3 Å². The topological polar surface area (TPSA) is 24.1 Å². The highest BCUT2D eigenvalue weighted by Crippen LogP contribution is 2.19. The average Bonchev–Trinajstić information content (AvgIpc) is 2.01. The fraction of sp³-hybridized carbons (Fsp3) is 1.00. The minimum absolute atomic E-state index is 1.10. The number of nitrogens with one attached hydrogen (secondary N) is 2. The van der Waals surface area contributed by atoms with Crippen LogP contribution < -0.4 is 10.3 Å². The quantitative estimate of drug-likeness (QED) is 0.437. The summed E-state index contributed by atoms with van der Waals surface area (Å²) in [5, 5.41) is 0. The van der Waals surface area contributed by atoms with Crippen LogP contribution in [0.3, 0.4) is 0 Å². The Morgan fingerprint density at radius 2 is 1.90 bits per heavy atom. The number of hydrogen-bond donors (Lipinski definition) is 2. The lowest BCUT2D eigenvalue weighted by Crippen LogP contribution is -2.25. The summed E-state index contributed by atoms with van der Waals surface area (Å²) in [6.45, 7) is 1.10. The van der Waals surface area contributed by atoms with E-state index in [4.69, 9.17) is 0 Å². The van der Waals surface area contributed by atoms with Crippen LogP contribution in [0, 0.1) is 0 Å². The Morgan fingerprint density at radius 1 is 1.00 bits per heavy atom. The van der Waals surface area contributed by atoms with Crippen LogP contribution in [0.1, 0.15) is 25.7 Å². The van der Waals surface area contributed by atoms with Crippen LogP contribution in [-0.2, 0) is 0 Å². The Bertz CT molecular complexity index is 46.9. The molecule has 60 valence electrons. The van der Waals surface area contributed by atoms with E-state index in [1.54, 1.807) is 11.0 Å². The lowest BCUT2D eigenvalue weighted by Gasteiger charge is -2.08. The van der Waals surface area contributed by atoms with Crippen molar-refractivity contribution in [3.8, 4) is 0 Å². The predicted molar refractivity (Wildman–Crippen MR) is 49.7 cm³/mol. The molecule has 10 heavy (non-hydrogen) atoms. The summed E-state index contributed by atoms with van der Waals surface area (Å²) in [5.41, 5.74) is 3.15. The molecule has 0 saturated carbocycles. The van der Waals surface area contributed by atoms with E-state index in [0.29, 0.717) is 0 Å². The molecule has 1 rings (SSSR count). The van der Waals surface area contributed by atoms with Gasteiger partial charge in [-0.25, -0.2) is 5.43 Å². The van der Waals surface area contributed by atoms with Crippen molar-refractivity contribution in [3.63, 3.8) is 0 Å². The smallest absolute Gasteiger partial charge is 0.0109 e. The van der Waals surface area contributed by atoms with Crippen molar-refractivity contribution in [2.75, 3.05) is 12.3 Å². The van der Waals surface area contributed by atoms with E-state index in [0.717, 1.165) is 6.54 Å². The maximum atomic E-state index is 3.15. The minimum Gasteiger partial charge on any atom is -0.247 e. The molecule has 0 unspecified atom stereocenters. The summed E-state index contributed by atoms with van der Waals surface area (Å²) in [7, 11) is 3.60. The highest BCUT2D eigenvalue weighted by Gasteiger charge is 1.94. The van der Waals surface area contributed by atoms with Gasteiger partial charge in [-0.3, -0.25) is 0 Å². The number of hydrazine groups is 1. The van der Waals surface area contributed by atoms with Crippen molar-refractivity contribution in [1.29, 1.82) is 0 Å². The first-order valence-electron chi connectivity index (χ1n) is 3.76. The van der Waals surface area contributed by atoms with Gasteiger partial charge in [0.05, 0.1) is 0 Å². The average molecular weight is 178 g/mol. The molecular formula is C6H14N2S2. The van der Waals surface area contributed by atoms with E-state index in [2.05, 4.69) is 10.3 Å². The Balaban J connectivity index is 2.00. The normalized spacial score (nSPS) is 24.0. The van der Waals surface area contributed by atoms with Gasteiger partial charge in [0.2, 0.25) is 0 Å². The standard InChI is InChI=1S/C6H14N2S2/c1-2-4-6-9-10-8-7-5-3-1/h7-8H,1-6H2. The zero-order valence-electron chi connectivity index (χ0n) is 6.06. The Hall–Kier alpha value is 0.620. The summed E-state index contributed by atoms with van der Waals surface area (Å²) in [5.74, 6) is 1.28. The van der Waals surface area contributed by atoms with Crippen molar-refractivity contribution in [2.45, 2.75) is 25.7 Å². The monoisotopic (exact) mass is 178 g/mol. The summed E-state index contributed by atoms with van der Waals surface area (Å²) in [6, 6.07) is 0. The van der Waals surface area contributed by atoms with Gasteiger partial charge in [0.15, 0.2) is 0 Å². The molecule has 0 aromatic carbocycles. The molecule has 0 aromatic rings. The first-order valence-corrected chi connectivity index (χ1v) is 6.08. The third-order valence-electron chi connectivity index (χ3n) is 1.45. The second-order valence-electron chi connectivity index (χ2n) is 2.35. The summed E-state index contributed by atoms with van der Waals surface area (Å²) in [4.78, 5) is 3.08. The Morgan fingerprint density at radius 3 is 2.90 bits per heavy atom. The SMILES string of the molecule is C1CCCSSNNCC1. The van der Waals surface area contributed by atoms with Gasteiger partial charge in [-0.15, -0.1) is 0 Å². The van der Waals surface area contributed by atoms with E-state index in [-0.39, 0.29) is 0 Å². The minimum atomic E-state index is 1.10. The molecule has 0 atom stereocenters. The number of hydrogen-bond acceptors (Lipinski definition) is 4. The van der Waals surface area contributed by atoms with Crippen LogP contribution in [0.5, 0.6) is 0 Å². The van der Waals surface area contributed by atoms with Crippen molar-refractivity contribution < 1.29 is 0 Å². The lowest BCUT2D eigenvalue weighted by atomic mass is 10.2. The van der Waals surface area contributed by atoms with Crippen molar-refractivity contribution in [2.24, 2.45) is 0 Å². The zero-order chi connectivity index (χ0) is 7.07. The van der Waals surface area contributed by atoms with E-state index in [9.17, 15) is 0 Å². The van der Waals surface area contributed by atoms with Crippen molar-refractivity contribution in [3.05, 3.63) is 0 Å². The van der Waals surface area contributed by atoms with E-state index < -0.39 is 0 Å². The molecular weight excluding hydrogens is 164 g/mol. The molecule has 1 fully saturated rings. The van der Waals surface area contributed by atoms with Gasteiger partial charge in [-0.1, -0.05) is 23.6 Å². The molecule has 2 N–H and O–H groups in total. The van der Waals surface area contributed by atoms with E-state index in [1.807, 2.05) is 10.8 Å². The van der Waals surface area contributed by atoms with Crippen LogP contribution in [0.25, 0.3) is 0 Å². The summed E-state index contributed by atoms with van der Waals surface area (Å²) in [6.07, 6.45) is 5.45. The van der Waals surface area contributed by atoms with Gasteiger partial charge in [0.1, 0.15) is 0 Å². The van der Waals surface area contributed by atoms with Crippen LogP contribution in [0.15, 0.2) is 0 Å². The first kappa shape index (κ1) is 8.71. The van der Waals surface area contributed by atoms with Gasteiger partial charge in [0.25, 0.3) is 0 Å². The van der Waals surface area contributed by atoms with Crippen LogP contribution >= 0.6 is 21.8 Å². The molecule has 0 amide bonds. The second-order valence-corrected chi connectivity index (χ2v) is 4.57. The third-order valence-corrected chi connectivity index (χ3v) is 3.36. The molecule has 0 radical (unpaired) electrons. The van der Waals surface area contributed by atoms with E-state index in [1.165, 1.54) is 31.4 Å². The summed E-state index contributed by atoms with van der Waals surface area (Å²) < 4.78 is 0. The third kappa shape index (κ3) is 4.44. The fourth-order valence-corrected chi connectivity index (χ4v) is 2.46. The first-order chi connectivity index (χ1) is 5.00. The summed E-state index contributed by atoms with van der Waals surface area (Å²) >= 11 is 0. The molecule has 0 bridgehead atoms. The van der Waals surface area contributed by atoms with Crippen molar-refractivity contribution in [1.82, 2.24) is 10.3 Å². The van der Waals surface area contributed by atoms with Gasteiger partial charge in [-0.05, 0) is 12.8 Å². The lowest BCUT2D eigenvalue weighted by molar-refractivity contribution is 0.594. The molecule has 0 spiro atoms. The van der Waals surface area contributed by atoms with Gasteiger partial charge < -0.3 is 0 Å². The highest BCUT2D eigenvalue weighted by molar-refractivity contribution is 8.75. The largest absolute Gasteiger partial charge is 0.247 e. The predicted octanol–water partition coefficient (Wildman–Crippen LogP) is 1.95. The molecule has 0 aliphatic carbocycles. The van der Waals surface area contributed by atoms with Gasteiger partial charge >= 0.3 is 0 Å². The molecule has 4 heteroatoms. The maximum absolute atomic E-state index is 3.15.